The molecule has 1 aliphatic rings. The molecule has 2 aromatic heterocycles. The van der Waals surface area contributed by atoms with E-state index in [1.54, 1.807) is 13.8 Å². The molecule has 2 aromatic rings. The maximum Gasteiger partial charge on any atom is 0.328 e. The smallest absolute Gasteiger partial charge is 0.328 e. The molecule has 0 radical (unpaired) electrons. The van der Waals surface area contributed by atoms with Gasteiger partial charge in [0.25, 0.3) is 5.95 Å². The first-order chi connectivity index (χ1) is 20.1. The zero-order chi connectivity index (χ0) is 32.2. The van der Waals surface area contributed by atoms with Crippen LogP contribution in [0.2, 0.25) is 0 Å². The third-order valence-electron chi connectivity index (χ3n) is 6.95. The van der Waals surface area contributed by atoms with Gasteiger partial charge in [-0.3, -0.25) is 19.9 Å². The lowest BCUT2D eigenvalue weighted by molar-refractivity contribution is -0.157. The predicted octanol–water partition coefficient (Wildman–Crippen LogP) is 0.888. The molecular formula is C27H33F4N5O7. The molecule has 7 unspecified atom stereocenters. The van der Waals surface area contributed by atoms with Gasteiger partial charge in [-0.05, 0) is 31.4 Å². The summed E-state index contributed by atoms with van der Waals surface area (Å²) in [4.78, 5) is 46.2. The number of cyclic esters (lactones) is 1. The Morgan fingerprint density at radius 1 is 1.05 bits per heavy atom. The summed E-state index contributed by atoms with van der Waals surface area (Å²) in [6.45, 7) is 6.01. The molecule has 0 saturated carbocycles. The lowest BCUT2D eigenvalue weighted by Crippen LogP contribution is -2.60. The normalized spacial score (nSPS) is 26.2. The van der Waals surface area contributed by atoms with Crippen LogP contribution in [0, 0.1) is 35.4 Å². The van der Waals surface area contributed by atoms with Crippen LogP contribution >= 0.6 is 0 Å². The number of rotatable bonds is 7. The van der Waals surface area contributed by atoms with E-state index in [-0.39, 0.29) is 18.0 Å². The predicted molar refractivity (Wildman–Crippen MR) is 140 cm³/mol. The van der Waals surface area contributed by atoms with Crippen molar-refractivity contribution in [3.8, 4) is 5.75 Å². The van der Waals surface area contributed by atoms with Crippen molar-refractivity contribution >= 4 is 17.8 Å². The van der Waals surface area contributed by atoms with Crippen molar-refractivity contribution < 1.29 is 52.0 Å². The second-order valence-corrected chi connectivity index (χ2v) is 10.7. The number of nitrogens with one attached hydrogen (secondary N) is 3. The number of hydrogen-bond acceptors (Lipinski definition) is 10. The molecule has 2 amide bonds. The number of carbonyl (C=O) groups excluding carboxylic acids is 3. The fourth-order valence-electron chi connectivity index (χ4n) is 4.56. The Hall–Kier alpha value is -3.89. The number of aromatic nitrogens is 2. The molecule has 0 bridgehead atoms. The molecule has 3 rings (SSSR count). The number of ether oxygens (including phenoxy) is 1. The maximum absolute atomic E-state index is 14.6. The number of hydrogen-bond donors (Lipinski definition) is 6. The molecule has 16 heteroatoms. The van der Waals surface area contributed by atoms with Gasteiger partial charge in [-0.25, -0.2) is 9.18 Å². The van der Waals surface area contributed by atoms with Gasteiger partial charge in [-0.2, -0.15) is 18.2 Å². The van der Waals surface area contributed by atoms with E-state index in [0.29, 0.717) is 0 Å². The van der Waals surface area contributed by atoms with Crippen molar-refractivity contribution in [1.29, 1.82) is 0 Å². The van der Waals surface area contributed by atoms with Crippen molar-refractivity contribution in [2.45, 2.75) is 77.1 Å². The fourth-order valence-corrected chi connectivity index (χ4v) is 4.56. The monoisotopic (exact) mass is 615 g/mol. The van der Waals surface area contributed by atoms with Crippen molar-refractivity contribution in [2.75, 3.05) is 0 Å². The van der Waals surface area contributed by atoms with E-state index in [1.807, 2.05) is 0 Å². The second kappa shape index (κ2) is 14.1. The van der Waals surface area contributed by atoms with Gasteiger partial charge in [0.05, 0.1) is 18.1 Å². The summed E-state index contributed by atoms with van der Waals surface area (Å²) in [6.07, 6.45) is -4.76. The van der Waals surface area contributed by atoms with Crippen molar-refractivity contribution in [1.82, 2.24) is 25.9 Å². The van der Waals surface area contributed by atoms with Gasteiger partial charge < -0.3 is 30.7 Å². The topological polar surface area (TPSA) is 183 Å². The van der Waals surface area contributed by atoms with Gasteiger partial charge in [-0.1, -0.05) is 20.8 Å². The Morgan fingerprint density at radius 3 is 2.35 bits per heavy atom. The minimum absolute atomic E-state index is 0.0925. The van der Waals surface area contributed by atoms with Gasteiger partial charge in [0, 0.05) is 18.2 Å². The van der Waals surface area contributed by atoms with E-state index in [9.17, 15) is 47.3 Å². The third-order valence-corrected chi connectivity index (χ3v) is 6.95. The number of amides is 2. The zero-order valence-corrected chi connectivity index (χ0v) is 23.6. The summed E-state index contributed by atoms with van der Waals surface area (Å²) in [5, 5.41) is 39.2. The summed E-state index contributed by atoms with van der Waals surface area (Å²) in [5.41, 5.74) is -1.42. The van der Waals surface area contributed by atoms with Gasteiger partial charge in [-0.15, -0.1) is 0 Å². The highest BCUT2D eigenvalue weighted by Gasteiger charge is 2.40. The quantitative estimate of drug-likeness (QED) is 0.113. The van der Waals surface area contributed by atoms with E-state index in [1.165, 1.54) is 32.2 Å². The standard InChI is InChI=1S/C27H33F4N5O7/c1-10(2)8-15-27(42)43-12(4)19(35-26(41)20-16(37)6-5-7-32-20)25(40)33-14(21(38)11(3)24(39)34-15)9-13-17(28)18(29)23(31)36-22(13)30/h5-7,10-12,14-15,19,21,26,35,37-38,41H,8-9H2,1-4H3,(H,33,40)(H,34,39). The molecule has 0 aromatic carbocycles. The average molecular weight is 616 g/mol. The molecule has 0 spiro atoms. The molecule has 7 atom stereocenters. The van der Waals surface area contributed by atoms with E-state index >= 15 is 0 Å². The largest absolute Gasteiger partial charge is 0.506 e. The number of carbonyl (C=O) groups is 3. The maximum atomic E-state index is 14.6. The second-order valence-electron chi connectivity index (χ2n) is 10.7. The lowest BCUT2D eigenvalue weighted by atomic mass is 9.91. The van der Waals surface area contributed by atoms with Gasteiger partial charge >= 0.3 is 5.97 Å². The third kappa shape index (κ3) is 7.94. The molecule has 1 aliphatic heterocycles. The molecule has 1 saturated heterocycles. The Labute approximate surface area is 243 Å². The highest BCUT2D eigenvalue weighted by Crippen LogP contribution is 2.24. The van der Waals surface area contributed by atoms with Crippen LogP contribution in [-0.2, 0) is 25.5 Å². The summed E-state index contributed by atoms with van der Waals surface area (Å²) >= 11 is 0. The first kappa shape index (κ1) is 33.6. The molecule has 6 N–H and O–H groups in total. The van der Waals surface area contributed by atoms with E-state index in [0.717, 1.165) is 0 Å². The fraction of sp³-hybridized carbons (Fsp3) is 0.519. The number of pyridine rings is 2. The molecule has 1 fully saturated rings. The van der Waals surface area contributed by atoms with Crippen LogP contribution in [0.3, 0.4) is 0 Å². The van der Waals surface area contributed by atoms with Crippen molar-refractivity contribution in [3.05, 3.63) is 53.1 Å². The number of nitrogens with zero attached hydrogens (tertiary/aromatic N) is 2. The SMILES string of the molecule is CC(C)CC1NC(=O)C(C)C(O)C(Cc2c(F)nc(F)c(F)c2F)NC(=O)C(NC(O)c2ncccc2O)C(C)OC1=O. The van der Waals surface area contributed by atoms with Crippen LogP contribution in [0.15, 0.2) is 18.3 Å². The number of halogens is 4. The minimum Gasteiger partial charge on any atom is -0.506 e. The average Bonchev–Trinajstić information content (AvgIpc) is 2.94. The van der Waals surface area contributed by atoms with Crippen molar-refractivity contribution in [3.63, 3.8) is 0 Å². The lowest BCUT2D eigenvalue weighted by Gasteiger charge is -2.34. The number of aromatic hydroxyl groups is 1. The minimum atomic E-state index is -2.09. The van der Waals surface area contributed by atoms with Crippen LogP contribution in [0.4, 0.5) is 17.6 Å². The molecular weight excluding hydrogens is 582 g/mol. The molecule has 43 heavy (non-hydrogen) atoms. The Kier molecular flexibility index (Phi) is 11.0. The molecule has 12 nitrogen and oxygen atoms in total. The van der Waals surface area contributed by atoms with Crippen LogP contribution in [-0.4, -0.2) is 73.4 Å². The Balaban J connectivity index is 2.07. The molecule has 3 heterocycles. The van der Waals surface area contributed by atoms with Crippen molar-refractivity contribution in [2.24, 2.45) is 11.8 Å². The number of aliphatic hydroxyl groups is 2. The summed E-state index contributed by atoms with van der Waals surface area (Å²) in [5.74, 6) is -12.8. The Bertz CT molecular complexity index is 1350. The number of aliphatic hydroxyl groups excluding tert-OH is 2. The van der Waals surface area contributed by atoms with Crippen LogP contribution in [0.25, 0.3) is 0 Å². The van der Waals surface area contributed by atoms with Crippen LogP contribution < -0.4 is 16.0 Å². The van der Waals surface area contributed by atoms with Crippen LogP contribution in [0.5, 0.6) is 5.75 Å². The van der Waals surface area contributed by atoms with Crippen LogP contribution in [0.1, 0.15) is 51.6 Å². The Morgan fingerprint density at radius 2 is 1.72 bits per heavy atom. The van der Waals surface area contributed by atoms with E-state index in [2.05, 4.69) is 25.9 Å². The van der Waals surface area contributed by atoms with Gasteiger partial charge in [0.2, 0.25) is 23.6 Å². The first-order valence-corrected chi connectivity index (χ1v) is 13.4. The summed E-state index contributed by atoms with van der Waals surface area (Å²) in [6, 6.07) is -2.03. The highest BCUT2D eigenvalue weighted by atomic mass is 19.2. The van der Waals surface area contributed by atoms with E-state index in [4.69, 9.17) is 4.74 Å². The zero-order valence-electron chi connectivity index (χ0n) is 23.6. The molecule has 0 aliphatic carbocycles. The van der Waals surface area contributed by atoms with Gasteiger partial charge in [0.1, 0.15) is 29.6 Å². The summed E-state index contributed by atoms with van der Waals surface area (Å²) in [7, 11) is 0. The summed E-state index contributed by atoms with van der Waals surface area (Å²) < 4.78 is 61.9. The molecule has 236 valence electrons. The first-order valence-electron chi connectivity index (χ1n) is 13.4. The van der Waals surface area contributed by atoms with E-state index < -0.39 is 102 Å². The highest BCUT2D eigenvalue weighted by molar-refractivity contribution is 5.87. The van der Waals surface area contributed by atoms with Gasteiger partial charge in [0.15, 0.2) is 12.0 Å². The number of esters is 1.